The second kappa shape index (κ2) is 7.59. The fraction of sp³-hybridized carbons (Fsp3) is 0.682. The molecular formula is C22H32N2O2. The lowest BCUT2D eigenvalue weighted by Gasteiger charge is -2.40. The van der Waals surface area contributed by atoms with E-state index in [1.807, 2.05) is 0 Å². The number of rotatable bonds is 6. The minimum atomic E-state index is 0.340. The number of hydrogen-bond donors (Lipinski definition) is 0. The highest BCUT2D eigenvalue weighted by Crippen LogP contribution is 2.41. The van der Waals surface area contributed by atoms with Crippen molar-refractivity contribution in [1.82, 2.24) is 9.80 Å². The molecule has 2 aliphatic heterocycles. The first-order valence-corrected chi connectivity index (χ1v) is 10.4. The lowest BCUT2D eigenvalue weighted by Crippen LogP contribution is -2.45. The van der Waals surface area contributed by atoms with Crippen LogP contribution in [0.1, 0.15) is 51.0 Å². The fourth-order valence-corrected chi connectivity index (χ4v) is 4.66. The molecule has 1 aromatic carbocycles. The van der Waals surface area contributed by atoms with Crippen LogP contribution in [-0.2, 0) is 11.3 Å². The van der Waals surface area contributed by atoms with E-state index in [0.29, 0.717) is 17.2 Å². The van der Waals surface area contributed by atoms with Crippen LogP contribution in [0.25, 0.3) is 0 Å². The van der Waals surface area contributed by atoms with Crippen molar-refractivity contribution in [2.24, 2.45) is 11.3 Å². The van der Waals surface area contributed by atoms with E-state index in [4.69, 9.17) is 4.74 Å². The van der Waals surface area contributed by atoms with Gasteiger partial charge in [-0.3, -0.25) is 9.69 Å². The summed E-state index contributed by atoms with van der Waals surface area (Å²) in [7, 11) is 0. The molecule has 1 aliphatic carbocycles. The average molecular weight is 357 g/mol. The van der Waals surface area contributed by atoms with Crippen molar-refractivity contribution in [1.29, 1.82) is 0 Å². The zero-order chi connectivity index (χ0) is 18.0. The van der Waals surface area contributed by atoms with Crippen molar-refractivity contribution in [3.05, 3.63) is 29.8 Å². The van der Waals surface area contributed by atoms with E-state index in [2.05, 4.69) is 41.0 Å². The smallest absolute Gasteiger partial charge is 0.225 e. The standard InChI is InChI=1S/C22H32N2O2/c1-2-14-26-20-8-4-18(5-9-20)15-23-12-3-10-22(16-23)11-13-24(17-22)21(25)19-6-7-19/h4-5,8-9,19H,2-3,6-7,10-17H2,1H3. The Kier molecular flexibility index (Phi) is 5.21. The summed E-state index contributed by atoms with van der Waals surface area (Å²) in [5.41, 5.74) is 1.70. The highest BCUT2D eigenvalue weighted by molar-refractivity contribution is 5.81. The summed E-state index contributed by atoms with van der Waals surface area (Å²) in [6.07, 6.45) is 6.99. The number of amides is 1. The Hall–Kier alpha value is -1.55. The van der Waals surface area contributed by atoms with Crippen LogP contribution in [-0.4, -0.2) is 48.5 Å². The number of piperidine rings is 1. The SMILES string of the molecule is CCCOc1ccc(CN2CCCC3(CCN(C(=O)C4CC4)C3)C2)cc1. The zero-order valence-corrected chi connectivity index (χ0v) is 16.1. The van der Waals surface area contributed by atoms with Crippen LogP contribution in [0.2, 0.25) is 0 Å². The highest BCUT2D eigenvalue weighted by Gasteiger charge is 2.45. The molecule has 2 heterocycles. The maximum absolute atomic E-state index is 12.4. The predicted octanol–water partition coefficient (Wildman–Crippen LogP) is 3.70. The lowest BCUT2D eigenvalue weighted by molar-refractivity contribution is -0.132. The normalized spacial score (nSPS) is 26.4. The van der Waals surface area contributed by atoms with Gasteiger partial charge in [0.15, 0.2) is 0 Å². The number of benzene rings is 1. The monoisotopic (exact) mass is 356 g/mol. The van der Waals surface area contributed by atoms with E-state index >= 15 is 0 Å². The summed E-state index contributed by atoms with van der Waals surface area (Å²) in [5.74, 6) is 1.76. The molecule has 4 nitrogen and oxygen atoms in total. The van der Waals surface area contributed by atoms with Crippen LogP contribution in [0.3, 0.4) is 0 Å². The van der Waals surface area contributed by atoms with Gasteiger partial charge in [-0.15, -0.1) is 0 Å². The van der Waals surface area contributed by atoms with E-state index in [1.54, 1.807) is 0 Å². The highest BCUT2D eigenvalue weighted by atomic mass is 16.5. The van der Waals surface area contributed by atoms with E-state index in [9.17, 15) is 4.79 Å². The molecular weight excluding hydrogens is 324 g/mol. The van der Waals surface area contributed by atoms with Gasteiger partial charge in [0.05, 0.1) is 6.61 Å². The van der Waals surface area contributed by atoms with Gasteiger partial charge in [0.25, 0.3) is 0 Å². The van der Waals surface area contributed by atoms with Gasteiger partial charge in [-0.2, -0.15) is 0 Å². The van der Waals surface area contributed by atoms with Crippen molar-refractivity contribution in [3.63, 3.8) is 0 Å². The number of nitrogens with zero attached hydrogens (tertiary/aromatic N) is 2. The average Bonchev–Trinajstić information content (AvgIpc) is 3.43. The minimum absolute atomic E-state index is 0.340. The summed E-state index contributed by atoms with van der Waals surface area (Å²) >= 11 is 0. The molecule has 4 heteroatoms. The van der Waals surface area contributed by atoms with Crippen molar-refractivity contribution in [3.8, 4) is 5.75 Å². The maximum Gasteiger partial charge on any atom is 0.225 e. The Labute approximate surface area is 157 Å². The van der Waals surface area contributed by atoms with E-state index in [1.165, 1.54) is 31.4 Å². The van der Waals surface area contributed by atoms with Gasteiger partial charge in [0.1, 0.15) is 5.75 Å². The van der Waals surface area contributed by atoms with Crippen LogP contribution >= 0.6 is 0 Å². The zero-order valence-electron chi connectivity index (χ0n) is 16.1. The minimum Gasteiger partial charge on any atom is -0.494 e. The Morgan fingerprint density at radius 1 is 1.15 bits per heavy atom. The number of carbonyl (C=O) groups excluding carboxylic acids is 1. The maximum atomic E-state index is 12.4. The van der Waals surface area contributed by atoms with Gasteiger partial charge < -0.3 is 9.64 Å². The quantitative estimate of drug-likeness (QED) is 0.779. The van der Waals surface area contributed by atoms with Crippen molar-refractivity contribution in [2.45, 2.75) is 52.0 Å². The first kappa shape index (κ1) is 17.8. The van der Waals surface area contributed by atoms with Crippen LogP contribution in [0.5, 0.6) is 5.75 Å². The van der Waals surface area contributed by atoms with E-state index in [0.717, 1.165) is 57.8 Å². The Morgan fingerprint density at radius 2 is 1.96 bits per heavy atom. The third kappa shape index (κ3) is 4.06. The summed E-state index contributed by atoms with van der Waals surface area (Å²) in [6, 6.07) is 8.58. The van der Waals surface area contributed by atoms with Crippen LogP contribution in [0.15, 0.2) is 24.3 Å². The molecule has 1 aromatic rings. The Morgan fingerprint density at radius 3 is 2.69 bits per heavy atom. The van der Waals surface area contributed by atoms with Gasteiger partial charge in [0.2, 0.25) is 5.91 Å². The molecule has 0 N–H and O–H groups in total. The molecule has 1 atom stereocenters. The Balaban J connectivity index is 1.33. The number of likely N-dealkylation sites (tertiary alicyclic amines) is 2. The summed E-state index contributed by atoms with van der Waals surface area (Å²) in [5, 5.41) is 0. The molecule has 3 fully saturated rings. The summed E-state index contributed by atoms with van der Waals surface area (Å²) in [6.45, 7) is 8.19. The van der Waals surface area contributed by atoms with Gasteiger partial charge >= 0.3 is 0 Å². The molecule has 0 bridgehead atoms. The third-order valence-corrected chi connectivity index (χ3v) is 6.22. The van der Waals surface area contributed by atoms with E-state index in [-0.39, 0.29) is 0 Å². The number of carbonyl (C=O) groups is 1. The predicted molar refractivity (Wildman–Crippen MR) is 103 cm³/mol. The molecule has 4 rings (SSSR count). The largest absolute Gasteiger partial charge is 0.494 e. The van der Waals surface area contributed by atoms with Crippen LogP contribution in [0, 0.1) is 11.3 Å². The third-order valence-electron chi connectivity index (χ3n) is 6.22. The van der Waals surface area contributed by atoms with Crippen molar-refractivity contribution >= 4 is 5.91 Å². The molecule has 1 spiro atoms. The molecule has 1 unspecified atom stereocenters. The molecule has 0 aromatic heterocycles. The van der Waals surface area contributed by atoms with Gasteiger partial charge in [-0.1, -0.05) is 19.1 Å². The molecule has 26 heavy (non-hydrogen) atoms. The summed E-state index contributed by atoms with van der Waals surface area (Å²) in [4.78, 5) is 17.2. The second-order valence-electron chi connectivity index (χ2n) is 8.59. The van der Waals surface area contributed by atoms with Gasteiger partial charge in [-0.05, 0) is 62.8 Å². The van der Waals surface area contributed by atoms with Crippen LogP contribution in [0.4, 0.5) is 0 Å². The number of hydrogen-bond acceptors (Lipinski definition) is 3. The molecule has 142 valence electrons. The van der Waals surface area contributed by atoms with Crippen molar-refractivity contribution < 1.29 is 9.53 Å². The molecule has 2 saturated heterocycles. The fourth-order valence-electron chi connectivity index (χ4n) is 4.66. The molecule has 0 radical (unpaired) electrons. The summed E-state index contributed by atoms with van der Waals surface area (Å²) < 4.78 is 5.68. The topological polar surface area (TPSA) is 32.8 Å². The second-order valence-corrected chi connectivity index (χ2v) is 8.59. The lowest BCUT2D eigenvalue weighted by atomic mass is 9.79. The molecule has 3 aliphatic rings. The van der Waals surface area contributed by atoms with Crippen LogP contribution < -0.4 is 4.74 Å². The number of ether oxygens (including phenoxy) is 1. The van der Waals surface area contributed by atoms with Gasteiger partial charge in [0, 0.05) is 37.5 Å². The first-order valence-electron chi connectivity index (χ1n) is 10.4. The molecule has 1 saturated carbocycles. The first-order chi connectivity index (χ1) is 12.7. The van der Waals surface area contributed by atoms with E-state index < -0.39 is 0 Å². The Bertz CT molecular complexity index is 626. The van der Waals surface area contributed by atoms with Gasteiger partial charge in [-0.25, -0.2) is 0 Å². The van der Waals surface area contributed by atoms with Crippen molar-refractivity contribution in [2.75, 3.05) is 32.8 Å². The molecule has 1 amide bonds.